The first-order chi connectivity index (χ1) is 9.26. The minimum Gasteiger partial charge on any atom is -0.439 e. The Kier molecular flexibility index (Phi) is 4.25. The summed E-state index contributed by atoms with van der Waals surface area (Å²) >= 11 is 3.04. The molecule has 0 aliphatic rings. The third kappa shape index (κ3) is 3.64. The number of hydrogen-bond acceptors (Lipinski definition) is 3. The molecule has 0 spiro atoms. The van der Waals surface area contributed by atoms with Crippen LogP contribution in [0.4, 0.5) is 8.78 Å². The molecule has 1 aromatic heterocycles. The van der Waals surface area contributed by atoms with Gasteiger partial charge in [-0.3, -0.25) is 0 Å². The predicted molar refractivity (Wildman–Crippen MR) is 76.1 cm³/mol. The summed E-state index contributed by atoms with van der Waals surface area (Å²) < 4.78 is 33.4. The van der Waals surface area contributed by atoms with E-state index in [1.807, 2.05) is 20.8 Å². The second-order valence-corrected chi connectivity index (χ2v) is 6.38. The molecule has 0 aliphatic heterocycles. The Hall–Kier alpha value is -1.27. The van der Waals surface area contributed by atoms with Crippen LogP contribution in [0.5, 0.6) is 0 Å². The van der Waals surface area contributed by atoms with Gasteiger partial charge in [0.25, 0.3) is 0 Å². The highest BCUT2D eigenvalue weighted by molar-refractivity contribution is 9.10. The average Bonchev–Trinajstić information content (AvgIpc) is 2.72. The van der Waals surface area contributed by atoms with Crippen molar-refractivity contribution in [1.29, 1.82) is 0 Å². The van der Waals surface area contributed by atoms with E-state index in [-0.39, 0.29) is 16.9 Å². The molecule has 0 unspecified atom stereocenters. The van der Waals surface area contributed by atoms with E-state index in [0.29, 0.717) is 16.9 Å². The summed E-state index contributed by atoms with van der Waals surface area (Å²) in [5.41, 5.74) is -0.300. The SMILES string of the molecule is CC(C)(C)NCc1ncc(-c2c(F)cc(Br)cc2F)o1. The van der Waals surface area contributed by atoms with Gasteiger partial charge < -0.3 is 9.73 Å². The maximum absolute atomic E-state index is 13.8. The molecule has 0 saturated heterocycles. The van der Waals surface area contributed by atoms with Gasteiger partial charge in [0.1, 0.15) is 11.6 Å². The molecule has 1 N–H and O–H groups in total. The third-order valence-corrected chi connectivity index (χ3v) is 3.03. The maximum atomic E-state index is 13.8. The van der Waals surface area contributed by atoms with Gasteiger partial charge in [-0.05, 0) is 32.9 Å². The summed E-state index contributed by atoms with van der Waals surface area (Å²) in [6, 6.07) is 2.38. The Balaban J connectivity index is 2.25. The summed E-state index contributed by atoms with van der Waals surface area (Å²) in [5.74, 6) is -0.915. The van der Waals surface area contributed by atoms with Crippen LogP contribution in [0.3, 0.4) is 0 Å². The highest BCUT2D eigenvalue weighted by Gasteiger charge is 2.18. The lowest BCUT2D eigenvalue weighted by molar-refractivity contribution is 0.383. The zero-order valence-electron chi connectivity index (χ0n) is 11.4. The molecule has 0 saturated carbocycles. The zero-order valence-corrected chi connectivity index (χ0v) is 13.0. The zero-order chi connectivity index (χ0) is 14.9. The van der Waals surface area contributed by atoms with Gasteiger partial charge in [0.05, 0.1) is 18.3 Å². The van der Waals surface area contributed by atoms with E-state index in [1.165, 1.54) is 18.3 Å². The molecule has 3 nitrogen and oxygen atoms in total. The topological polar surface area (TPSA) is 38.1 Å². The van der Waals surface area contributed by atoms with E-state index < -0.39 is 11.6 Å². The van der Waals surface area contributed by atoms with Gasteiger partial charge in [-0.25, -0.2) is 13.8 Å². The maximum Gasteiger partial charge on any atom is 0.208 e. The van der Waals surface area contributed by atoms with Gasteiger partial charge in [0.2, 0.25) is 5.89 Å². The summed E-state index contributed by atoms with van der Waals surface area (Å²) in [5, 5.41) is 3.19. The van der Waals surface area contributed by atoms with E-state index in [4.69, 9.17) is 4.42 Å². The minimum absolute atomic E-state index is 0.0817. The normalized spacial score (nSPS) is 11.9. The number of aromatic nitrogens is 1. The number of halogens is 3. The molecule has 20 heavy (non-hydrogen) atoms. The van der Waals surface area contributed by atoms with Gasteiger partial charge in [0.15, 0.2) is 5.76 Å². The Bertz CT molecular complexity index is 597. The molecular weight excluding hydrogens is 330 g/mol. The first-order valence-electron chi connectivity index (χ1n) is 6.11. The van der Waals surface area contributed by atoms with E-state index in [0.717, 1.165) is 0 Å². The molecule has 108 valence electrons. The Morgan fingerprint density at radius 2 is 1.85 bits per heavy atom. The summed E-state index contributed by atoms with van der Waals surface area (Å²) in [4.78, 5) is 4.03. The molecule has 0 aliphatic carbocycles. The van der Waals surface area contributed by atoms with E-state index in [1.54, 1.807) is 0 Å². The van der Waals surface area contributed by atoms with Crippen molar-refractivity contribution in [3.63, 3.8) is 0 Å². The number of nitrogens with zero attached hydrogens (tertiary/aromatic N) is 1. The molecule has 1 aromatic carbocycles. The fraction of sp³-hybridized carbons (Fsp3) is 0.357. The predicted octanol–water partition coefficient (Wildman–Crippen LogP) is 4.27. The second-order valence-electron chi connectivity index (χ2n) is 5.47. The van der Waals surface area contributed by atoms with Crippen molar-refractivity contribution < 1.29 is 13.2 Å². The van der Waals surface area contributed by atoms with E-state index in [9.17, 15) is 8.78 Å². The molecule has 2 rings (SSSR count). The highest BCUT2D eigenvalue weighted by atomic mass is 79.9. The van der Waals surface area contributed by atoms with Crippen LogP contribution in [0.1, 0.15) is 26.7 Å². The molecule has 0 atom stereocenters. The van der Waals surface area contributed by atoms with E-state index in [2.05, 4.69) is 26.2 Å². The van der Waals surface area contributed by atoms with Crippen LogP contribution in [0.15, 0.2) is 27.2 Å². The van der Waals surface area contributed by atoms with Crippen LogP contribution >= 0.6 is 15.9 Å². The molecule has 1 heterocycles. The smallest absolute Gasteiger partial charge is 0.208 e. The summed E-state index contributed by atoms with van der Waals surface area (Å²) in [7, 11) is 0. The second kappa shape index (κ2) is 5.61. The lowest BCUT2D eigenvalue weighted by Crippen LogP contribution is -2.35. The van der Waals surface area contributed by atoms with Gasteiger partial charge in [-0.1, -0.05) is 15.9 Å². The summed E-state index contributed by atoms with van der Waals surface area (Å²) in [6.45, 7) is 6.41. The van der Waals surface area contributed by atoms with Crippen LogP contribution in [0.25, 0.3) is 11.3 Å². The highest BCUT2D eigenvalue weighted by Crippen LogP contribution is 2.29. The molecule has 0 bridgehead atoms. The molecule has 0 fully saturated rings. The molecular formula is C14H15BrF2N2O. The molecule has 6 heteroatoms. The molecule has 0 radical (unpaired) electrons. The van der Waals surface area contributed by atoms with Crippen molar-refractivity contribution in [2.45, 2.75) is 32.9 Å². The number of benzene rings is 1. The quantitative estimate of drug-likeness (QED) is 0.903. The van der Waals surface area contributed by atoms with Crippen molar-refractivity contribution in [3.8, 4) is 11.3 Å². The Morgan fingerprint density at radius 3 is 2.40 bits per heavy atom. The van der Waals surface area contributed by atoms with Gasteiger partial charge in [0, 0.05) is 10.0 Å². The van der Waals surface area contributed by atoms with Gasteiger partial charge >= 0.3 is 0 Å². The minimum atomic E-state index is -0.691. The fourth-order valence-electron chi connectivity index (χ4n) is 1.63. The van der Waals surface area contributed by atoms with Gasteiger partial charge in [-0.2, -0.15) is 0 Å². The van der Waals surface area contributed by atoms with Crippen LogP contribution in [0, 0.1) is 11.6 Å². The van der Waals surface area contributed by atoms with E-state index >= 15 is 0 Å². The van der Waals surface area contributed by atoms with Crippen molar-refractivity contribution >= 4 is 15.9 Å². The lowest BCUT2D eigenvalue weighted by atomic mass is 10.1. The van der Waals surface area contributed by atoms with Gasteiger partial charge in [-0.15, -0.1) is 0 Å². The average molecular weight is 345 g/mol. The van der Waals surface area contributed by atoms with Crippen molar-refractivity contribution in [3.05, 3.63) is 40.3 Å². The standard InChI is InChI=1S/C14H15BrF2N2O/c1-14(2,3)19-7-12-18-6-11(20-12)13-9(16)4-8(15)5-10(13)17/h4-6,19H,7H2,1-3H3. The van der Waals surface area contributed by atoms with Crippen LogP contribution in [-0.2, 0) is 6.54 Å². The molecule has 2 aromatic rings. The number of nitrogens with one attached hydrogen (secondary N) is 1. The van der Waals surface area contributed by atoms with Crippen molar-refractivity contribution in [2.24, 2.45) is 0 Å². The monoisotopic (exact) mass is 344 g/mol. The first-order valence-corrected chi connectivity index (χ1v) is 6.90. The largest absolute Gasteiger partial charge is 0.439 e. The van der Waals surface area contributed by atoms with Crippen molar-refractivity contribution in [2.75, 3.05) is 0 Å². The first kappa shape index (κ1) is 15.1. The van der Waals surface area contributed by atoms with Crippen LogP contribution in [0.2, 0.25) is 0 Å². The van der Waals surface area contributed by atoms with Crippen molar-refractivity contribution in [1.82, 2.24) is 10.3 Å². The Morgan fingerprint density at radius 1 is 1.25 bits per heavy atom. The number of rotatable bonds is 3. The third-order valence-electron chi connectivity index (χ3n) is 2.58. The number of hydrogen-bond donors (Lipinski definition) is 1. The fourth-order valence-corrected chi connectivity index (χ4v) is 2.03. The summed E-state index contributed by atoms with van der Waals surface area (Å²) in [6.07, 6.45) is 1.33. The van der Waals surface area contributed by atoms with Crippen LogP contribution in [-0.4, -0.2) is 10.5 Å². The van der Waals surface area contributed by atoms with Crippen LogP contribution < -0.4 is 5.32 Å². The molecule has 0 amide bonds. The Labute approximate surface area is 124 Å². The lowest BCUT2D eigenvalue weighted by Gasteiger charge is -2.18. The number of oxazole rings is 1.